The lowest BCUT2D eigenvalue weighted by Gasteiger charge is -2.11. The Morgan fingerprint density at radius 3 is 3.00 bits per heavy atom. The maximum absolute atomic E-state index is 12.5. The number of carbonyl (C=O) groups excluding carboxylic acids is 2. The second-order valence-corrected chi connectivity index (χ2v) is 8.95. The molecule has 1 aromatic carbocycles. The molecule has 6 nitrogen and oxygen atoms in total. The number of aromatic amines is 1. The minimum atomic E-state index is -0.392. The molecule has 28 heavy (non-hydrogen) atoms. The molecule has 0 atom stereocenters. The maximum atomic E-state index is 12.5. The van der Waals surface area contributed by atoms with Crippen LogP contribution in [0.15, 0.2) is 23.4 Å². The minimum absolute atomic E-state index is 0.177. The number of H-pyrrole nitrogens is 1. The molecule has 2 aromatic heterocycles. The summed E-state index contributed by atoms with van der Waals surface area (Å²) in [6.45, 7) is 0. The molecule has 3 aromatic rings. The zero-order chi connectivity index (χ0) is 19.7. The summed E-state index contributed by atoms with van der Waals surface area (Å²) < 4.78 is 4.94. The van der Waals surface area contributed by atoms with Crippen LogP contribution in [0.2, 0.25) is 5.02 Å². The van der Waals surface area contributed by atoms with Crippen molar-refractivity contribution in [2.75, 3.05) is 18.2 Å². The van der Waals surface area contributed by atoms with Gasteiger partial charge in [0.25, 0.3) is 0 Å². The molecule has 0 radical (unpaired) electrons. The Hall–Kier alpha value is -2.03. The van der Waals surface area contributed by atoms with E-state index in [4.69, 9.17) is 16.3 Å². The number of imidazole rings is 1. The van der Waals surface area contributed by atoms with E-state index in [1.165, 1.54) is 35.1 Å². The van der Waals surface area contributed by atoms with Crippen molar-refractivity contribution in [3.8, 4) is 0 Å². The lowest BCUT2D eigenvalue weighted by molar-refractivity contribution is -0.113. The second kappa shape index (κ2) is 8.14. The fourth-order valence-electron chi connectivity index (χ4n) is 3.30. The van der Waals surface area contributed by atoms with Crippen molar-refractivity contribution in [3.05, 3.63) is 39.2 Å². The number of thiophene rings is 1. The van der Waals surface area contributed by atoms with E-state index in [0.717, 1.165) is 42.3 Å². The van der Waals surface area contributed by atoms with E-state index >= 15 is 0 Å². The normalized spacial score (nSPS) is 13.4. The van der Waals surface area contributed by atoms with Crippen LogP contribution in [0.5, 0.6) is 0 Å². The van der Waals surface area contributed by atoms with Crippen molar-refractivity contribution in [2.24, 2.45) is 0 Å². The van der Waals surface area contributed by atoms with Crippen LogP contribution in [0.1, 0.15) is 33.6 Å². The number of halogens is 1. The molecule has 0 fully saturated rings. The van der Waals surface area contributed by atoms with Gasteiger partial charge in [-0.3, -0.25) is 4.79 Å². The van der Waals surface area contributed by atoms with E-state index in [1.54, 1.807) is 12.1 Å². The van der Waals surface area contributed by atoms with Crippen LogP contribution in [0, 0.1) is 0 Å². The van der Waals surface area contributed by atoms with E-state index in [0.29, 0.717) is 20.7 Å². The van der Waals surface area contributed by atoms with Gasteiger partial charge in [0.05, 0.1) is 29.5 Å². The number of aromatic nitrogens is 2. The molecule has 146 valence electrons. The van der Waals surface area contributed by atoms with Crippen LogP contribution < -0.4 is 5.32 Å². The van der Waals surface area contributed by atoms with E-state index in [2.05, 4.69) is 15.3 Å². The van der Waals surface area contributed by atoms with Crippen molar-refractivity contribution in [3.63, 3.8) is 0 Å². The fourth-order valence-corrected chi connectivity index (χ4v) is 5.45. The minimum Gasteiger partial charge on any atom is -0.465 e. The summed E-state index contributed by atoms with van der Waals surface area (Å²) in [4.78, 5) is 33.5. The summed E-state index contributed by atoms with van der Waals surface area (Å²) in [5.74, 6) is -0.403. The molecule has 0 saturated carbocycles. The smallest absolute Gasteiger partial charge is 0.341 e. The molecular weight excluding hydrogens is 418 g/mol. The van der Waals surface area contributed by atoms with Crippen molar-refractivity contribution < 1.29 is 14.3 Å². The van der Waals surface area contributed by atoms with Gasteiger partial charge in [-0.2, -0.15) is 0 Å². The van der Waals surface area contributed by atoms with Gasteiger partial charge in [0.15, 0.2) is 5.16 Å². The van der Waals surface area contributed by atoms with Gasteiger partial charge in [0.1, 0.15) is 5.00 Å². The number of hydrogen-bond donors (Lipinski definition) is 2. The Balaban J connectivity index is 1.47. The molecule has 2 N–H and O–H groups in total. The molecule has 0 bridgehead atoms. The zero-order valence-corrected chi connectivity index (χ0v) is 17.5. The largest absolute Gasteiger partial charge is 0.465 e. The number of rotatable bonds is 5. The molecule has 1 aliphatic carbocycles. The fraction of sp³-hybridized carbons (Fsp3) is 0.316. The number of esters is 1. The number of anilines is 1. The first kappa shape index (κ1) is 19.3. The third-order valence-corrected chi connectivity index (χ3v) is 6.89. The molecule has 0 spiro atoms. The number of thioether (sulfide) groups is 1. The molecule has 4 rings (SSSR count). The van der Waals surface area contributed by atoms with Crippen LogP contribution in [-0.2, 0) is 22.4 Å². The molecule has 2 heterocycles. The number of fused-ring (bicyclic) bond motifs is 2. The van der Waals surface area contributed by atoms with Crippen molar-refractivity contribution in [1.29, 1.82) is 0 Å². The Kier molecular flexibility index (Phi) is 5.61. The monoisotopic (exact) mass is 435 g/mol. The number of ether oxygens (including phenoxy) is 1. The first-order valence-corrected chi connectivity index (χ1v) is 11.0. The van der Waals surface area contributed by atoms with Gasteiger partial charge in [-0.15, -0.1) is 11.3 Å². The highest BCUT2D eigenvalue weighted by Crippen LogP contribution is 2.38. The first-order chi connectivity index (χ1) is 13.5. The number of aryl methyl sites for hydroxylation is 1. The lowest BCUT2D eigenvalue weighted by Crippen LogP contribution is -2.16. The number of nitrogens with one attached hydrogen (secondary N) is 2. The van der Waals surface area contributed by atoms with E-state index < -0.39 is 5.97 Å². The molecule has 1 amide bonds. The van der Waals surface area contributed by atoms with Crippen LogP contribution >= 0.6 is 34.7 Å². The molecule has 0 aliphatic heterocycles. The number of hydrogen-bond acceptors (Lipinski definition) is 6. The Morgan fingerprint density at radius 1 is 1.36 bits per heavy atom. The van der Waals surface area contributed by atoms with E-state index in [9.17, 15) is 9.59 Å². The molecular formula is C19H18ClN3O3S2. The van der Waals surface area contributed by atoms with Crippen LogP contribution in [0.3, 0.4) is 0 Å². The summed E-state index contributed by atoms with van der Waals surface area (Å²) in [7, 11) is 1.37. The average molecular weight is 436 g/mol. The topological polar surface area (TPSA) is 84.1 Å². The second-order valence-electron chi connectivity index (χ2n) is 6.45. The summed E-state index contributed by atoms with van der Waals surface area (Å²) in [6.07, 6.45) is 3.94. The van der Waals surface area contributed by atoms with Crippen LogP contribution in [0.25, 0.3) is 11.0 Å². The van der Waals surface area contributed by atoms with Crippen LogP contribution in [-0.4, -0.2) is 34.7 Å². The Morgan fingerprint density at radius 2 is 2.18 bits per heavy atom. The standard InChI is InChI=1S/C19H18ClN3O3S2/c1-26-18(25)16-11-4-2-3-5-14(11)28-17(16)23-15(24)9-27-19-21-12-7-6-10(20)8-13(12)22-19/h6-8H,2-5,9H2,1H3,(H,21,22)(H,23,24). The highest BCUT2D eigenvalue weighted by Gasteiger charge is 2.26. The van der Waals surface area contributed by atoms with Gasteiger partial charge in [-0.05, 0) is 49.4 Å². The summed E-state index contributed by atoms with van der Waals surface area (Å²) >= 11 is 8.77. The zero-order valence-electron chi connectivity index (χ0n) is 15.1. The van der Waals surface area contributed by atoms with Gasteiger partial charge in [-0.25, -0.2) is 9.78 Å². The lowest BCUT2D eigenvalue weighted by atomic mass is 9.95. The van der Waals surface area contributed by atoms with Crippen molar-refractivity contribution in [2.45, 2.75) is 30.8 Å². The van der Waals surface area contributed by atoms with Gasteiger partial charge in [0.2, 0.25) is 5.91 Å². The highest BCUT2D eigenvalue weighted by atomic mass is 35.5. The van der Waals surface area contributed by atoms with Gasteiger partial charge >= 0.3 is 5.97 Å². The summed E-state index contributed by atoms with van der Waals surface area (Å²) in [6, 6.07) is 5.41. The molecule has 0 unspecified atom stereocenters. The molecule has 9 heteroatoms. The number of carbonyl (C=O) groups is 2. The van der Waals surface area contributed by atoms with E-state index in [1.807, 2.05) is 6.07 Å². The number of methoxy groups -OCH3 is 1. The predicted molar refractivity (Wildman–Crippen MR) is 113 cm³/mol. The van der Waals surface area contributed by atoms with Crippen molar-refractivity contribution >= 4 is 62.6 Å². The van der Waals surface area contributed by atoms with Gasteiger partial charge < -0.3 is 15.0 Å². The molecule has 0 saturated heterocycles. The highest BCUT2D eigenvalue weighted by molar-refractivity contribution is 7.99. The quantitative estimate of drug-likeness (QED) is 0.449. The van der Waals surface area contributed by atoms with Crippen molar-refractivity contribution in [1.82, 2.24) is 9.97 Å². The molecule has 1 aliphatic rings. The number of amides is 1. The van der Waals surface area contributed by atoms with Gasteiger partial charge in [0, 0.05) is 9.90 Å². The SMILES string of the molecule is COC(=O)c1c(NC(=O)CSc2nc3ccc(Cl)cc3[nH]2)sc2c1CCCC2. The average Bonchev–Trinajstić information content (AvgIpc) is 3.25. The Labute approximate surface area is 175 Å². The van der Waals surface area contributed by atoms with Crippen LogP contribution in [0.4, 0.5) is 5.00 Å². The third-order valence-electron chi connectivity index (χ3n) is 4.58. The first-order valence-electron chi connectivity index (χ1n) is 8.86. The predicted octanol–water partition coefficient (Wildman–Crippen LogP) is 4.67. The summed E-state index contributed by atoms with van der Waals surface area (Å²) in [5, 5.41) is 4.75. The third kappa shape index (κ3) is 3.90. The number of nitrogens with zero attached hydrogens (tertiary/aromatic N) is 1. The maximum Gasteiger partial charge on any atom is 0.341 e. The number of benzene rings is 1. The summed E-state index contributed by atoms with van der Waals surface area (Å²) in [5.41, 5.74) is 3.17. The Bertz CT molecular complexity index is 1060. The van der Waals surface area contributed by atoms with Gasteiger partial charge in [-0.1, -0.05) is 23.4 Å². The van der Waals surface area contributed by atoms with E-state index in [-0.39, 0.29) is 11.7 Å².